The van der Waals surface area contributed by atoms with E-state index < -0.39 is 21.5 Å². The Morgan fingerprint density at radius 1 is 0.857 bits per heavy atom. The molecule has 1 N–H and O–H groups in total. The molecule has 0 fully saturated rings. The molecule has 104 valence electrons. The first-order valence-corrected chi connectivity index (χ1v) is 8.97. The van der Waals surface area contributed by atoms with Crippen LogP contribution in [0.1, 0.15) is 6.92 Å². The predicted molar refractivity (Wildman–Crippen MR) is 82.7 cm³/mol. The first-order chi connectivity index (χ1) is 10.2. The van der Waals surface area contributed by atoms with Crippen LogP contribution in [0.3, 0.4) is 0 Å². The van der Waals surface area contributed by atoms with E-state index >= 15 is 0 Å². The first-order valence-electron chi connectivity index (χ1n) is 6.81. The molecule has 2 nitrogen and oxygen atoms in total. The van der Waals surface area contributed by atoms with Crippen LogP contribution in [-0.4, -0.2) is 5.91 Å². The maximum atomic E-state index is 11.2. The molecule has 0 saturated carbocycles. The predicted octanol–water partition coefficient (Wildman–Crippen LogP) is 0.894. The summed E-state index contributed by atoms with van der Waals surface area (Å²) in [6.07, 6.45) is 0. The molecule has 0 aliphatic heterocycles. The summed E-state index contributed by atoms with van der Waals surface area (Å²) in [5, 5.41) is 7.76. The first kappa shape index (κ1) is 12.8. The number of hydrogen-bond acceptors (Lipinski definition) is 1. The Morgan fingerprint density at radius 2 is 1.48 bits per heavy atom. The van der Waals surface area contributed by atoms with Gasteiger partial charge >= 0.3 is 133 Å². The standard InChI is InChI=1S/C18H13INO/c1-11(21)20-19-16-10-8-14-6-5-12-3-2-4-13-7-9-15(16)18(14)17(12)13/h2-10H,1H3,(H,20,21)/q-1. The average Bonchev–Trinajstić information content (AvgIpc) is 2.51. The van der Waals surface area contributed by atoms with Crippen LogP contribution in [-0.2, 0) is 4.79 Å². The summed E-state index contributed by atoms with van der Waals surface area (Å²) < 4.78 is 4.28. The van der Waals surface area contributed by atoms with Crippen molar-refractivity contribution in [1.29, 1.82) is 0 Å². The van der Waals surface area contributed by atoms with Crippen LogP contribution >= 0.6 is 0 Å². The van der Waals surface area contributed by atoms with Crippen molar-refractivity contribution in [1.82, 2.24) is 3.53 Å². The van der Waals surface area contributed by atoms with Gasteiger partial charge in [-0.25, -0.2) is 0 Å². The number of rotatable bonds is 2. The van der Waals surface area contributed by atoms with Crippen LogP contribution in [0.15, 0.2) is 54.6 Å². The van der Waals surface area contributed by atoms with Gasteiger partial charge in [0.05, 0.1) is 0 Å². The Labute approximate surface area is 133 Å². The Kier molecular flexibility index (Phi) is 2.96. The molecule has 0 aliphatic rings. The molecule has 0 heterocycles. The van der Waals surface area contributed by atoms with E-state index in [2.05, 4.69) is 58.1 Å². The van der Waals surface area contributed by atoms with Gasteiger partial charge in [0, 0.05) is 0 Å². The third-order valence-corrected chi connectivity index (χ3v) is 6.31. The van der Waals surface area contributed by atoms with Gasteiger partial charge in [0.2, 0.25) is 0 Å². The topological polar surface area (TPSA) is 29.1 Å². The van der Waals surface area contributed by atoms with Crippen molar-refractivity contribution < 1.29 is 26.3 Å². The molecule has 0 unspecified atom stereocenters. The van der Waals surface area contributed by atoms with Gasteiger partial charge in [-0.3, -0.25) is 0 Å². The van der Waals surface area contributed by atoms with E-state index in [1.165, 1.54) is 35.9 Å². The molecule has 0 aliphatic carbocycles. The summed E-state index contributed by atoms with van der Waals surface area (Å²) in [6, 6.07) is 19.5. The number of carbonyl (C=O) groups is 1. The van der Waals surface area contributed by atoms with E-state index in [0.717, 1.165) is 0 Å². The van der Waals surface area contributed by atoms with E-state index in [9.17, 15) is 4.79 Å². The van der Waals surface area contributed by atoms with Gasteiger partial charge in [-0.2, -0.15) is 0 Å². The zero-order valence-corrected chi connectivity index (χ0v) is 13.6. The quantitative estimate of drug-likeness (QED) is 0.310. The number of benzene rings is 4. The third-order valence-electron chi connectivity index (χ3n) is 3.76. The minimum atomic E-state index is -0.495. The number of halogens is 1. The molecule has 0 saturated heterocycles. The molecule has 3 heteroatoms. The fourth-order valence-corrected chi connectivity index (χ4v) is 4.67. The summed E-state index contributed by atoms with van der Waals surface area (Å²) in [4.78, 5) is 11.2. The third kappa shape index (κ3) is 2.03. The van der Waals surface area contributed by atoms with Gasteiger partial charge in [0.25, 0.3) is 0 Å². The second-order valence-corrected chi connectivity index (χ2v) is 7.39. The molecule has 0 atom stereocenters. The molecule has 4 aromatic rings. The van der Waals surface area contributed by atoms with Gasteiger partial charge in [-0.05, 0) is 0 Å². The van der Waals surface area contributed by atoms with Crippen molar-refractivity contribution >= 4 is 38.2 Å². The molecule has 0 aromatic heterocycles. The molecule has 0 radical (unpaired) electrons. The van der Waals surface area contributed by atoms with Crippen LogP contribution in [0.4, 0.5) is 0 Å². The second kappa shape index (κ2) is 4.84. The van der Waals surface area contributed by atoms with E-state index in [0.29, 0.717) is 0 Å². The van der Waals surface area contributed by atoms with Gasteiger partial charge in [0.1, 0.15) is 0 Å². The minimum absolute atomic E-state index is 0.0495. The average molecular weight is 386 g/mol. The molecule has 4 rings (SSSR count). The van der Waals surface area contributed by atoms with E-state index in [1.807, 2.05) is 0 Å². The van der Waals surface area contributed by atoms with Crippen LogP contribution in [0, 0.1) is 3.57 Å². The van der Waals surface area contributed by atoms with Crippen LogP contribution in [0.2, 0.25) is 0 Å². The second-order valence-electron chi connectivity index (χ2n) is 5.15. The normalized spacial score (nSPS) is 11.7. The van der Waals surface area contributed by atoms with E-state index in [1.54, 1.807) is 6.92 Å². The van der Waals surface area contributed by atoms with E-state index in [-0.39, 0.29) is 5.91 Å². The van der Waals surface area contributed by atoms with Gasteiger partial charge in [0.15, 0.2) is 0 Å². The van der Waals surface area contributed by atoms with Crippen molar-refractivity contribution in [2.75, 3.05) is 0 Å². The Bertz CT molecular complexity index is 961. The SMILES string of the molecule is CC(=O)N[I-]c1ccc2ccc3cccc4ccc1c2c34. The summed E-state index contributed by atoms with van der Waals surface area (Å²) in [7, 11) is 0. The van der Waals surface area contributed by atoms with Crippen molar-refractivity contribution in [3.63, 3.8) is 0 Å². The summed E-state index contributed by atoms with van der Waals surface area (Å²) in [6.45, 7) is 1.58. The Morgan fingerprint density at radius 3 is 2.19 bits per heavy atom. The maximum absolute atomic E-state index is 11.2. The van der Waals surface area contributed by atoms with Crippen molar-refractivity contribution in [2.45, 2.75) is 6.92 Å². The zero-order valence-electron chi connectivity index (χ0n) is 11.5. The van der Waals surface area contributed by atoms with Gasteiger partial charge in [-0.1, -0.05) is 0 Å². The fraction of sp³-hybridized carbons (Fsp3) is 0.0556. The fourth-order valence-electron chi connectivity index (χ4n) is 2.90. The number of hydrogen-bond donors (Lipinski definition) is 1. The molecular weight excluding hydrogens is 373 g/mol. The van der Waals surface area contributed by atoms with Crippen LogP contribution in [0.5, 0.6) is 0 Å². The molecular formula is C18H13INO-. The van der Waals surface area contributed by atoms with Crippen molar-refractivity contribution in [3.05, 3.63) is 58.2 Å². The molecule has 1 amide bonds. The molecule has 4 aromatic carbocycles. The Hall–Kier alpha value is -1.88. The van der Waals surface area contributed by atoms with Crippen molar-refractivity contribution in [2.24, 2.45) is 0 Å². The molecule has 0 bridgehead atoms. The number of amides is 1. The monoisotopic (exact) mass is 386 g/mol. The number of nitrogens with one attached hydrogen (secondary N) is 1. The summed E-state index contributed by atoms with van der Waals surface area (Å²) in [5.74, 6) is 0.0495. The molecule has 21 heavy (non-hydrogen) atoms. The van der Waals surface area contributed by atoms with Crippen LogP contribution in [0.25, 0.3) is 32.3 Å². The van der Waals surface area contributed by atoms with Crippen molar-refractivity contribution in [3.8, 4) is 0 Å². The summed E-state index contributed by atoms with van der Waals surface area (Å²) in [5.41, 5.74) is 0. The Balaban J connectivity index is 2.08. The van der Waals surface area contributed by atoms with Gasteiger partial charge < -0.3 is 0 Å². The van der Waals surface area contributed by atoms with E-state index in [4.69, 9.17) is 0 Å². The van der Waals surface area contributed by atoms with Gasteiger partial charge in [-0.15, -0.1) is 0 Å². The molecule has 0 spiro atoms. The van der Waals surface area contributed by atoms with Crippen LogP contribution < -0.4 is 25.0 Å². The summed E-state index contributed by atoms with van der Waals surface area (Å²) >= 11 is -0.495. The number of carbonyl (C=O) groups excluding carboxylic acids is 1. The zero-order chi connectivity index (χ0) is 14.4.